The molecule has 250 valence electrons. The van der Waals surface area contributed by atoms with Gasteiger partial charge in [-0.25, -0.2) is 19.6 Å². The number of aromatic nitrogens is 8. The van der Waals surface area contributed by atoms with Crippen LogP contribution in [0.1, 0.15) is 44.3 Å². The van der Waals surface area contributed by atoms with Gasteiger partial charge in [-0.05, 0) is 62.4 Å². The minimum Gasteiger partial charge on any atom is -0.487 e. The number of hydrogen-bond donors (Lipinski definition) is 1. The number of rotatable bonds is 12. The minimum absolute atomic E-state index is 0.169. The number of halogens is 1. The highest BCUT2D eigenvalue weighted by Crippen LogP contribution is 2.35. The van der Waals surface area contributed by atoms with Gasteiger partial charge in [0.2, 0.25) is 5.95 Å². The highest BCUT2D eigenvalue weighted by atomic mass is 35.5. The van der Waals surface area contributed by atoms with Crippen LogP contribution >= 0.6 is 11.6 Å². The van der Waals surface area contributed by atoms with Gasteiger partial charge in [0.25, 0.3) is 5.88 Å². The van der Waals surface area contributed by atoms with E-state index in [1.807, 2.05) is 54.2 Å². The zero-order chi connectivity index (χ0) is 32.7. The van der Waals surface area contributed by atoms with Gasteiger partial charge in [-0.1, -0.05) is 23.7 Å². The van der Waals surface area contributed by atoms with Crippen molar-refractivity contribution in [2.24, 2.45) is 0 Å². The summed E-state index contributed by atoms with van der Waals surface area (Å²) in [4.78, 5) is 20.2. The molecule has 1 aliphatic heterocycles. The first kappa shape index (κ1) is 32.0. The van der Waals surface area contributed by atoms with E-state index >= 15 is 0 Å². The van der Waals surface area contributed by atoms with Crippen molar-refractivity contribution in [3.05, 3.63) is 84.6 Å². The molecule has 5 aromatic rings. The van der Waals surface area contributed by atoms with Crippen LogP contribution in [0.5, 0.6) is 11.6 Å². The Balaban J connectivity index is 1.04. The summed E-state index contributed by atoms with van der Waals surface area (Å²) in [6, 6.07) is 12.3. The number of benzene rings is 1. The van der Waals surface area contributed by atoms with Gasteiger partial charge < -0.3 is 19.5 Å². The van der Waals surface area contributed by atoms with Crippen molar-refractivity contribution in [3.8, 4) is 22.8 Å². The van der Waals surface area contributed by atoms with Crippen LogP contribution < -0.4 is 14.8 Å². The number of nitrogens with one attached hydrogen (secondary N) is 1. The molecule has 13 nitrogen and oxygen atoms in total. The number of ether oxygens (including phenoxy) is 3. The lowest BCUT2D eigenvalue weighted by Gasteiger charge is -2.38. The molecule has 1 N–H and O–H groups in total. The number of pyridine rings is 1. The van der Waals surface area contributed by atoms with E-state index in [9.17, 15) is 0 Å². The molecule has 2 fully saturated rings. The van der Waals surface area contributed by atoms with Crippen molar-refractivity contribution in [1.82, 2.24) is 44.4 Å². The van der Waals surface area contributed by atoms with Crippen LogP contribution in [-0.4, -0.2) is 82.8 Å². The summed E-state index contributed by atoms with van der Waals surface area (Å²) in [5.74, 6) is 1.50. The maximum Gasteiger partial charge on any atom is 0.257 e. The lowest BCUT2D eigenvalue weighted by molar-refractivity contribution is 0.00502. The van der Waals surface area contributed by atoms with Gasteiger partial charge in [-0.15, -0.1) is 5.10 Å². The molecule has 1 saturated heterocycles. The Kier molecular flexibility index (Phi) is 10.1. The summed E-state index contributed by atoms with van der Waals surface area (Å²) in [5.41, 5.74) is 3.24. The summed E-state index contributed by atoms with van der Waals surface area (Å²) in [6.45, 7) is 6.50. The normalized spacial score (nSPS) is 19.1. The second kappa shape index (κ2) is 15.1. The van der Waals surface area contributed by atoms with Crippen molar-refractivity contribution in [1.29, 1.82) is 0 Å². The van der Waals surface area contributed by atoms with Crippen molar-refractivity contribution in [2.75, 3.05) is 31.6 Å². The van der Waals surface area contributed by atoms with Crippen molar-refractivity contribution < 1.29 is 14.2 Å². The Hall–Kier alpha value is -4.59. The third-order valence-electron chi connectivity index (χ3n) is 8.79. The average Bonchev–Trinajstić information content (AvgIpc) is 3.79. The van der Waals surface area contributed by atoms with Gasteiger partial charge in [0, 0.05) is 43.3 Å². The van der Waals surface area contributed by atoms with E-state index in [0.717, 1.165) is 68.8 Å². The van der Waals surface area contributed by atoms with Crippen LogP contribution in [0.25, 0.3) is 11.1 Å². The van der Waals surface area contributed by atoms with E-state index < -0.39 is 0 Å². The van der Waals surface area contributed by atoms with E-state index in [-0.39, 0.29) is 6.10 Å². The molecule has 5 heterocycles. The Morgan fingerprint density at radius 2 is 1.81 bits per heavy atom. The predicted octanol–water partition coefficient (Wildman–Crippen LogP) is 5.59. The summed E-state index contributed by atoms with van der Waals surface area (Å²) in [6.07, 6.45) is 14.7. The number of hydrogen-bond acceptors (Lipinski definition) is 11. The molecule has 1 aliphatic carbocycles. The largest absolute Gasteiger partial charge is 0.487 e. The molecular formula is C34H39ClN10O3. The molecule has 4 aromatic heterocycles. The second-order valence-corrected chi connectivity index (χ2v) is 12.6. The van der Waals surface area contributed by atoms with E-state index in [4.69, 9.17) is 30.9 Å². The van der Waals surface area contributed by atoms with Crippen LogP contribution in [0, 0.1) is 0 Å². The molecule has 7 rings (SSSR count). The number of nitrogens with zero attached hydrogens (tertiary/aromatic N) is 9. The molecule has 48 heavy (non-hydrogen) atoms. The Bertz CT molecular complexity index is 1740. The fourth-order valence-electron chi connectivity index (χ4n) is 6.29. The van der Waals surface area contributed by atoms with Crippen molar-refractivity contribution in [2.45, 2.75) is 63.9 Å². The molecule has 0 radical (unpaired) electrons. The van der Waals surface area contributed by atoms with Gasteiger partial charge in [-0.3, -0.25) is 14.6 Å². The maximum atomic E-state index is 6.47. The summed E-state index contributed by atoms with van der Waals surface area (Å²) in [7, 11) is 0. The van der Waals surface area contributed by atoms with Crippen molar-refractivity contribution >= 4 is 23.2 Å². The monoisotopic (exact) mass is 670 g/mol. The van der Waals surface area contributed by atoms with Crippen LogP contribution in [0.4, 0.5) is 11.6 Å². The topological polar surface area (TPSA) is 130 Å². The zero-order valence-corrected chi connectivity index (χ0v) is 27.6. The first-order valence-electron chi connectivity index (χ1n) is 16.4. The molecule has 1 aromatic carbocycles. The third kappa shape index (κ3) is 7.92. The second-order valence-electron chi connectivity index (χ2n) is 12.2. The van der Waals surface area contributed by atoms with Crippen molar-refractivity contribution in [3.63, 3.8) is 0 Å². The van der Waals surface area contributed by atoms with Gasteiger partial charge >= 0.3 is 0 Å². The SMILES string of the molecule is C[C@@H](Cn1cncn1)Oc1cc(-c2cnc(Nc3cn(C4CCC(N5CCOCC5)CC4)nc3OCc3ccccn3)nc2)ccc1Cl. The lowest BCUT2D eigenvalue weighted by atomic mass is 9.90. The molecular weight excluding hydrogens is 632 g/mol. The Morgan fingerprint density at radius 3 is 2.56 bits per heavy atom. The highest BCUT2D eigenvalue weighted by Gasteiger charge is 2.29. The summed E-state index contributed by atoms with van der Waals surface area (Å²) in [5, 5.41) is 12.9. The fourth-order valence-corrected chi connectivity index (χ4v) is 6.45. The van der Waals surface area contributed by atoms with E-state index in [1.165, 1.54) is 6.33 Å². The molecule has 0 amide bonds. The first-order chi connectivity index (χ1) is 23.6. The molecule has 1 atom stereocenters. The molecule has 1 saturated carbocycles. The van der Waals surface area contributed by atoms with Crippen LogP contribution in [0.15, 0.2) is 73.8 Å². The quantitative estimate of drug-likeness (QED) is 0.178. The summed E-state index contributed by atoms with van der Waals surface area (Å²) < 4.78 is 21.6. The fraction of sp³-hybridized carbons (Fsp3) is 0.412. The Labute approximate surface area is 284 Å². The van der Waals surface area contributed by atoms with E-state index in [1.54, 1.807) is 29.6 Å². The highest BCUT2D eigenvalue weighted by molar-refractivity contribution is 6.32. The minimum atomic E-state index is -0.169. The molecule has 0 unspecified atom stereocenters. The van der Waals surface area contributed by atoms with E-state index in [2.05, 4.69) is 35.3 Å². The summed E-state index contributed by atoms with van der Waals surface area (Å²) >= 11 is 6.47. The zero-order valence-electron chi connectivity index (χ0n) is 26.9. The lowest BCUT2D eigenvalue weighted by Crippen LogP contribution is -2.45. The average molecular weight is 671 g/mol. The van der Waals surface area contributed by atoms with Gasteiger partial charge in [-0.2, -0.15) is 5.10 Å². The Morgan fingerprint density at radius 1 is 1.00 bits per heavy atom. The predicted molar refractivity (Wildman–Crippen MR) is 180 cm³/mol. The maximum absolute atomic E-state index is 6.47. The van der Waals surface area contributed by atoms with Crippen LogP contribution in [0.2, 0.25) is 5.02 Å². The van der Waals surface area contributed by atoms with Gasteiger partial charge in [0.1, 0.15) is 36.8 Å². The van der Waals surface area contributed by atoms with Crippen LogP contribution in [-0.2, 0) is 17.9 Å². The molecule has 0 bridgehead atoms. The van der Waals surface area contributed by atoms with E-state index in [0.29, 0.717) is 53.5 Å². The van der Waals surface area contributed by atoms with Gasteiger partial charge in [0.15, 0.2) is 0 Å². The third-order valence-corrected chi connectivity index (χ3v) is 9.10. The molecule has 2 aliphatic rings. The number of anilines is 2. The molecule has 0 spiro atoms. The molecule has 14 heteroatoms. The van der Waals surface area contributed by atoms with Gasteiger partial charge in [0.05, 0.1) is 42.7 Å². The first-order valence-corrected chi connectivity index (χ1v) is 16.8. The smallest absolute Gasteiger partial charge is 0.257 e. The standard InChI is InChI=1S/C34H39ClN10O3/c1-24(19-44-23-36-22-40-44)48-32-16-25(5-10-30(32)35)26-17-38-34(39-18-26)41-31-20-45(42-33(31)47-21-27-4-2-3-11-37-27)29-8-6-28(7-9-29)43-12-14-46-15-13-43/h2-5,10-11,16-18,20,22-24,28-29H,6-9,12-15,19,21H2,1H3,(H,38,39,41)/t24-,28?,29?/m0/s1. The number of morpholine rings is 1. The van der Waals surface area contributed by atoms with Crippen LogP contribution in [0.3, 0.4) is 0 Å².